The maximum atomic E-state index is 11.9. The molecule has 0 heterocycles. The van der Waals surface area contributed by atoms with Crippen molar-refractivity contribution in [2.24, 2.45) is 5.41 Å². The molecule has 104 valence electrons. The first-order chi connectivity index (χ1) is 8.95. The van der Waals surface area contributed by atoms with E-state index < -0.39 is 11.4 Å². The number of benzene rings is 1. The Labute approximate surface area is 121 Å². The Morgan fingerprint density at radius 2 is 1.74 bits per heavy atom. The lowest BCUT2D eigenvalue weighted by atomic mass is 9.82. The number of nitrogens with one attached hydrogen (secondary N) is 1. The van der Waals surface area contributed by atoms with Gasteiger partial charge < -0.3 is 10.4 Å². The van der Waals surface area contributed by atoms with E-state index in [9.17, 15) is 14.7 Å². The van der Waals surface area contributed by atoms with Gasteiger partial charge in [0.2, 0.25) is 0 Å². The zero-order valence-corrected chi connectivity index (χ0v) is 12.7. The van der Waals surface area contributed by atoms with Crippen molar-refractivity contribution in [3.8, 4) is 0 Å². The van der Waals surface area contributed by atoms with Gasteiger partial charge in [-0.25, -0.2) is 0 Å². The Bertz CT molecular complexity index is 452. The molecule has 1 rings (SSSR count). The number of hydrogen-bond donors (Lipinski definition) is 2. The number of hydrogen-bond acceptors (Lipinski definition) is 2. The smallest absolute Gasteiger partial charge is 0.311 e. The molecule has 0 aromatic heterocycles. The standard InChI is InChI=1S/C14H18BrNO3/c1-3-14(4-2,13(18)19)9-16-12(17)10-5-7-11(15)8-6-10/h5-8H,3-4,9H2,1-2H3,(H,16,17)(H,18,19). The third-order valence-corrected chi connectivity index (χ3v) is 4.03. The summed E-state index contributed by atoms with van der Waals surface area (Å²) in [5.41, 5.74) is -0.361. The zero-order valence-electron chi connectivity index (χ0n) is 11.1. The number of halogens is 1. The lowest BCUT2D eigenvalue weighted by Crippen LogP contribution is -2.42. The molecule has 4 nitrogen and oxygen atoms in total. The van der Waals surface area contributed by atoms with Crippen LogP contribution in [0.2, 0.25) is 0 Å². The molecule has 0 saturated carbocycles. The van der Waals surface area contributed by atoms with Crippen LogP contribution in [0, 0.1) is 5.41 Å². The number of rotatable bonds is 6. The van der Waals surface area contributed by atoms with E-state index >= 15 is 0 Å². The SMILES string of the molecule is CCC(CC)(CNC(=O)c1ccc(Br)cc1)C(=O)O. The molecule has 0 aliphatic heterocycles. The van der Waals surface area contributed by atoms with E-state index in [1.165, 1.54) is 0 Å². The van der Waals surface area contributed by atoms with Gasteiger partial charge in [0, 0.05) is 16.6 Å². The molecule has 0 saturated heterocycles. The number of carboxylic acids is 1. The Morgan fingerprint density at radius 1 is 1.21 bits per heavy atom. The maximum Gasteiger partial charge on any atom is 0.311 e. The number of carbonyl (C=O) groups excluding carboxylic acids is 1. The van der Waals surface area contributed by atoms with E-state index in [-0.39, 0.29) is 12.5 Å². The van der Waals surface area contributed by atoms with Gasteiger partial charge in [-0.2, -0.15) is 0 Å². The van der Waals surface area contributed by atoms with Gasteiger partial charge in [-0.05, 0) is 37.1 Å². The maximum absolute atomic E-state index is 11.9. The second-order valence-corrected chi connectivity index (χ2v) is 5.40. The van der Waals surface area contributed by atoms with Crippen molar-refractivity contribution in [1.29, 1.82) is 0 Å². The molecule has 0 aliphatic carbocycles. The molecule has 2 N–H and O–H groups in total. The summed E-state index contributed by atoms with van der Waals surface area (Å²) in [5, 5.41) is 12.0. The van der Waals surface area contributed by atoms with Crippen LogP contribution in [0.4, 0.5) is 0 Å². The fourth-order valence-corrected chi connectivity index (χ4v) is 2.10. The molecule has 1 aromatic carbocycles. The summed E-state index contributed by atoms with van der Waals surface area (Å²) in [6.45, 7) is 3.79. The van der Waals surface area contributed by atoms with Gasteiger partial charge in [-0.1, -0.05) is 29.8 Å². The van der Waals surface area contributed by atoms with E-state index in [0.717, 1.165) is 4.47 Å². The second-order valence-electron chi connectivity index (χ2n) is 4.48. The topological polar surface area (TPSA) is 66.4 Å². The van der Waals surface area contributed by atoms with Gasteiger partial charge in [0.05, 0.1) is 5.41 Å². The summed E-state index contributed by atoms with van der Waals surface area (Å²) in [6, 6.07) is 6.94. The summed E-state index contributed by atoms with van der Waals surface area (Å²) in [7, 11) is 0. The Kier molecular flexibility index (Phi) is 5.54. The highest BCUT2D eigenvalue weighted by Gasteiger charge is 2.35. The van der Waals surface area contributed by atoms with Crippen molar-refractivity contribution in [2.45, 2.75) is 26.7 Å². The molecule has 0 unspecified atom stereocenters. The molecule has 1 aromatic rings. The average molecular weight is 328 g/mol. The van der Waals surface area contributed by atoms with Crippen molar-refractivity contribution in [2.75, 3.05) is 6.54 Å². The summed E-state index contributed by atoms with van der Waals surface area (Å²) >= 11 is 3.30. The number of amides is 1. The van der Waals surface area contributed by atoms with Crippen molar-refractivity contribution in [3.63, 3.8) is 0 Å². The Hall–Kier alpha value is -1.36. The quantitative estimate of drug-likeness (QED) is 0.843. The molecule has 0 fully saturated rings. The van der Waals surface area contributed by atoms with Crippen LogP contribution in [0.3, 0.4) is 0 Å². The van der Waals surface area contributed by atoms with E-state index in [1.54, 1.807) is 24.3 Å². The molecule has 0 aliphatic rings. The fourth-order valence-electron chi connectivity index (χ4n) is 1.83. The van der Waals surface area contributed by atoms with Crippen molar-refractivity contribution >= 4 is 27.8 Å². The van der Waals surface area contributed by atoms with Crippen LogP contribution in [-0.4, -0.2) is 23.5 Å². The lowest BCUT2D eigenvalue weighted by molar-refractivity contribution is -0.149. The van der Waals surface area contributed by atoms with Gasteiger partial charge in [0.15, 0.2) is 0 Å². The Morgan fingerprint density at radius 3 is 2.16 bits per heavy atom. The largest absolute Gasteiger partial charge is 0.481 e. The predicted molar refractivity (Wildman–Crippen MR) is 77.1 cm³/mol. The monoisotopic (exact) mass is 327 g/mol. The van der Waals surface area contributed by atoms with Crippen LogP contribution in [0.15, 0.2) is 28.7 Å². The second kappa shape index (κ2) is 6.70. The third-order valence-electron chi connectivity index (χ3n) is 3.50. The number of carboxylic acid groups (broad SMARTS) is 1. The summed E-state index contributed by atoms with van der Waals surface area (Å²) in [5.74, 6) is -1.12. The van der Waals surface area contributed by atoms with Crippen molar-refractivity contribution in [1.82, 2.24) is 5.32 Å². The highest BCUT2D eigenvalue weighted by Crippen LogP contribution is 2.25. The predicted octanol–water partition coefficient (Wildman–Crippen LogP) is 3.07. The molecule has 5 heteroatoms. The minimum atomic E-state index is -0.884. The normalized spacial score (nSPS) is 11.1. The molecule has 0 atom stereocenters. The van der Waals surface area contributed by atoms with Crippen molar-refractivity contribution in [3.05, 3.63) is 34.3 Å². The van der Waals surface area contributed by atoms with Crippen molar-refractivity contribution < 1.29 is 14.7 Å². The third kappa shape index (κ3) is 3.80. The molecule has 0 bridgehead atoms. The lowest BCUT2D eigenvalue weighted by Gasteiger charge is -2.26. The first-order valence-electron chi connectivity index (χ1n) is 6.22. The number of aliphatic carboxylic acids is 1. The van der Waals surface area contributed by atoms with E-state index in [1.807, 2.05) is 13.8 Å². The summed E-state index contributed by atoms with van der Waals surface area (Å²) < 4.78 is 0.894. The van der Waals surface area contributed by atoms with E-state index in [4.69, 9.17) is 0 Å². The van der Waals surface area contributed by atoms with Crippen LogP contribution < -0.4 is 5.32 Å². The first-order valence-corrected chi connectivity index (χ1v) is 7.01. The molecular weight excluding hydrogens is 310 g/mol. The highest BCUT2D eigenvalue weighted by molar-refractivity contribution is 9.10. The van der Waals surface area contributed by atoms with Crippen LogP contribution in [0.25, 0.3) is 0 Å². The van der Waals surface area contributed by atoms with Gasteiger partial charge in [-0.3, -0.25) is 9.59 Å². The van der Waals surface area contributed by atoms with Gasteiger partial charge in [0.1, 0.15) is 0 Å². The molecular formula is C14H18BrNO3. The van der Waals surface area contributed by atoms with Crippen LogP contribution in [-0.2, 0) is 4.79 Å². The zero-order chi connectivity index (χ0) is 14.5. The van der Waals surface area contributed by atoms with Crippen LogP contribution >= 0.6 is 15.9 Å². The first kappa shape index (κ1) is 15.7. The fraction of sp³-hybridized carbons (Fsp3) is 0.429. The molecule has 19 heavy (non-hydrogen) atoms. The number of carbonyl (C=O) groups is 2. The van der Waals surface area contributed by atoms with E-state index in [2.05, 4.69) is 21.2 Å². The molecule has 1 amide bonds. The Balaban J connectivity index is 2.72. The van der Waals surface area contributed by atoms with Crippen LogP contribution in [0.5, 0.6) is 0 Å². The van der Waals surface area contributed by atoms with Gasteiger partial charge >= 0.3 is 5.97 Å². The minimum Gasteiger partial charge on any atom is -0.481 e. The van der Waals surface area contributed by atoms with Gasteiger partial charge in [-0.15, -0.1) is 0 Å². The summed E-state index contributed by atoms with van der Waals surface area (Å²) in [4.78, 5) is 23.3. The molecule has 0 spiro atoms. The molecule has 0 radical (unpaired) electrons. The summed E-state index contributed by atoms with van der Waals surface area (Å²) in [6.07, 6.45) is 0.971. The average Bonchev–Trinajstić information content (AvgIpc) is 2.40. The van der Waals surface area contributed by atoms with E-state index in [0.29, 0.717) is 18.4 Å². The van der Waals surface area contributed by atoms with Gasteiger partial charge in [0.25, 0.3) is 5.91 Å². The van der Waals surface area contributed by atoms with Crippen LogP contribution in [0.1, 0.15) is 37.0 Å². The minimum absolute atomic E-state index is 0.143. The highest BCUT2D eigenvalue weighted by atomic mass is 79.9.